The van der Waals surface area contributed by atoms with E-state index in [9.17, 15) is 35.1 Å². The maximum Gasteiger partial charge on any atom is 0.305 e. The minimum Gasteiger partial charge on any atom is -0.466 e. The summed E-state index contributed by atoms with van der Waals surface area (Å²) in [6, 6.07) is -0.833. The minimum atomic E-state index is -1.58. The van der Waals surface area contributed by atoms with Gasteiger partial charge in [0.15, 0.2) is 6.29 Å². The number of nitrogens with one attached hydrogen (secondary N) is 1. The predicted molar refractivity (Wildman–Crippen MR) is 430 cm³/mol. The molecule has 1 heterocycles. The highest BCUT2D eigenvalue weighted by molar-refractivity contribution is 5.76. The van der Waals surface area contributed by atoms with Gasteiger partial charge in [0.1, 0.15) is 24.4 Å². The van der Waals surface area contributed by atoms with Crippen LogP contribution in [0.25, 0.3) is 0 Å². The largest absolute Gasteiger partial charge is 0.466 e. The van der Waals surface area contributed by atoms with Crippen LogP contribution in [0.3, 0.4) is 0 Å². The van der Waals surface area contributed by atoms with Crippen molar-refractivity contribution < 1.29 is 49.3 Å². The molecule has 0 aromatic rings. The van der Waals surface area contributed by atoms with E-state index in [4.69, 9.17) is 14.2 Å². The van der Waals surface area contributed by atoms with Crippen molar-refractivity contribution in [1.82, 2.24) is 5.32 Å². The standard InChI is InChI=1S/C90H169NO10/c1-3-5-7-9-11-13-15-17-19-20-42-46-50-54-58-62-66-70-74-78-86(95)99-79-75-71-67-63-59-55-51-47-44-41-39-37-35-33-31-29-27-25-23-21-22-24-26-28-30-32-34-36-38-40-43-45-49-53-57-61-65-69-73-77-85(94)91-82(81-100-90-89(98)88(97)87(96)84(80-92)101-90)83(93)76-72-68-64-60-56-52-48-18-16-14-12-10-8-6-4-2/h16,18,21-22,56,60,72,76,82-84,87-90,92-93,96-98H,3-15,17,19-20,23-55,57-59,61-71,73-75,77-81H2,1-2H3,(H,91,94)/b18-16+,22-21-,60-56+,76-72+. The molecule has 1 aliphatic heterocycles. The third-order valence-corrected chi connectivity index (χ3v) is 21.1. The lowest BCUT2D eigenvalue weighted by molar-refractivity contribution is -0.302. The molecular formula is C90H169NO10. The highest BCUT2D eigenvalue weighted by Crippen LogP contribution is 2.24. The average molecular weight is 1430 g/mol. The van der Waals surface area contributed by atoms with E-state index in [1.54, 1.807) is 6.08 Å². The smallest absolute Gasteiger partial charge is 0.305 e. The van der Waals surface area contributed by atoms with Crippen molar-refractivity contribution >= 4 is 11.9 Å². The summed E-state index contributed by atoms with van der Waals surface area (Å²) in [5.74, 6) is -0.168. The molecule has 0 bridgehead atoms. The number of hydrogen-bond acceptors (Lipinski definition) is 10. The van der Waals surface area contributed by atoms with Crippen LogP contribution in [0.5, 0.6) is 0 Å². The van der Waals surface area contributed by atoms with Gasteiger partial charge in [0, 0.05) is 12.8 Å². The normalized spacial score (nSPS) is 17.2. The summed E-state index contributed by atoms with van der Waals surface area (Å²) in [5, 5.41) is 54.6. The van der Waals surface area contributed by atoms with Crippen LogP contribution in [0, 0.1) is 0 Å². The third kappa shape index (κ3) is 66.8. The van der Waals surface area contributed by atoms with Gasteiger partial charge in [-0.25, -0.2) is 0 Å². The van der Waals surface area contributed by atoms with Gasteiger partial charge in [0.25, 0.3) is 0 Å². The van der Waals surface area contributed by atoms with E-state index in [1.807, 2.05) is 6.08 Å². The molecule has 1 saturated heterocycles. The van der Waals surface area contributed by atoms with Gasteiger partial charge in [0.05, 0.1) is 32.0 Å². The van der Waals surface area contributed by atoms with Crippen LogP contribution in [0.4, 0.5) is 0 Å². The van der Waals surface area contributed by atoms with Gasteiger partial charge >= 0.3 is 5.97 Å². The van der Waals surface area contributed by atoms with Gasteiger partial charge in [0.2, 0.25) is 5.91 Å². The molecular weight excluding hydrogens is 1250 g/mol. The van der Waals surface area contributed by atoms with Crippen LogP contribution in [-0.2, 0) is 23.8 Å². The fourth-order valence-electron chi connectivity index (χ4n) is 14.2. The molecule has 0 aromatic carbocycles. The molecule has 1 fully saturated rings. The van der Waals surface area contributed by atoms with E-state index in [-0.39, 0.29) is 18.5 Å². The van der Waals surface area contributed by atoms with Gasteiger partial charge in [-0.1, -0.05) is 403 Å². The number of aliphatic hydroxyl groups excluding tert-OH is 5. The molecule has 1 aliphatic rings. The highest BCUT2D eigenvalue weighted by atomic mass is 16.7. The summed E-state index contributed by atoms with van der Waals surface area (Å²) >= 11 is 0. The second kappa shape index (κ2) is 78.7. The lowest BCUT2D eigenvalue weighted by atomic mass is 9.99. The second-order valence-electron chi connectivity index (χ2n) is 30.9. The summed E-state index contributed by atoms with van der Waals surface area (Å²) < 4.78 is 16.8. The zero-order valence-corrected chi connectivity index (χ0v) is 66.6. The van der Waals surface area contributed by atoms with Crippen LogP contribution in [0.15, 0.2) is 48.6 Å². The molecule has 1 rings (SSSR count). The number of amides is 1. The summed E-state index contributed by atoms with van der Waals surface area (Å²) in [7, 11) is 0. The van der Waals surface area contributed by atoms with Crippen molar-refractivity contribution in [1.29, 1.82) is 0 Å². The summed E-state index contributed by atoms with van der Waals surface area (Å²) in [6.07, 6.45) is 96.1. The Labute approximate surface area is 625 Å². The number of allylic oxidation sites excluding steroid dienone is 7. The van der Waals surface area contributed by atoms with E-state index in [1.165, 1.54) is 360 Å². The molecule has 11 heteroatoms. The molecule has 0 spiro atoms. The number of esters is 1. The zero-order valence-electron chi connectivity index (χ0n) is 66.6. The highest BCUT2D eigenvalue weighted by Gasteiger charge is 2.44. The number of carbonyl (C=O) groups is 2. The first-order chi connectivity index (χ1) is 49.7. The van der Waals surface area contributed by atoms with E-state index < -0.39 is 49.5 Å². The Balaban J connectivity index is 1.88. The molecule has 594 valence electrons. The summed E-state index contributed by atoms with van der Waals surface area (Å²) in [4.78, 5) is 25.3. The second-order valence-corrected chi connectivity index (χ2v) is 30.9. The molecule has 101 heavy (non-hydrogen) atoms. The lowest BCUT2D eigenvalue weighted by Gasteiger charge is -2.40. The third-order valence-electron chi connectivity index (χ3n) is 21.1. The molecule has 0 radical (unpaired) electrons. The van der Waals surface area contributed by atoms with Crippen LogP contribution in [0.2, 0.25) is 0 Å². The zero-order chi connectivity index (χ0) is 72.9. The van der Waals surface area contributed by atoms with Gasteiger partial charge in [-0.3, -0.25) is 9.59 Å². The van der Waals surface area contributed by atoms with E-state index >= 15 is 0 Å². The molecule has 11 nitrogen and oxygen atoms in total. The predicted octanol–water partition coefficient (Wildman–Crippen LogP) is 25.0. The van der Waals surface area contributed by atoms with Crippen molar-refractivity contribution in [2.45, 2.75) is 493 Å². The fourth-order valence-corrected chi connectivity index (χ4v) is 14.2. The Kier molecular flexibility index (Phi) is 75.3. The van der Waals surface area contributed by atoms with Crippen LogP contribution in [-0.4, -0.2) is 100 Å². The van der Waals surface area contributed by atoms with Crippen molar-refractivity contribution in [3.8, 4) is 0 Å². The summed E-state index contributed by atoms with van der Waals surface area (Å²) in [5.41, 5.74) is 0. The SMILES string of the molecule is CCCCCCC/C=C/CC/C=C/CC/C=C/C(O)C(COC1OC(CO)C(O)C(O)C1O)NC(=O)CCCCCCCCCCCCCCCCCCC/C=C\CCCCCCCCCCCCCCCCCCCCOC(=O)CCCCCCCCCCCCCCCCCCCCC. The van der Waals surface area contributed by atoms with E-state index in [0.29, 0.717) is 19.4 Å². The maximum absolute atomic E-state index is 13.1. The molecule has 1 amide bonds. The number of aliphatic hydroxyl groups is 5. The first kappa shape index (κ1) is 96.6. The lowest BCUT2D eigenvalue weighted by Crippen LogP contribution is -2.60. The van der Waals surface area contributed by atoms with Crippen molar-refractivity contribution in [3.63, 3.8) is 0 Å². The van der Waals surface area contributed by atoms with Crippen molar-refractivity contribution in [2.24, 2.45) is 0 Å². The van der Waals surface area contributed by atoms with Crippen LogP contribution in [0.1, 0.15) is 450 Å². The summed E-state index contributed by atoms with van der Waals surface area (Å²) in [6.45, 7) is 4.38. The first-order valence-electron chi connectivity index (χ1n) is 44.4. The Hall–Kier alpha value is -2.38. The quantitative estimate of drug-likeness (QED) is 0.0195. The molecule has 0 aromatic heterocycles. The Morgan fingerprint density at radius 2 is 0.644 bits per heavy atom. The number of carbonyl (C=O) groups excluding carboxylic acids is 2. The monoisotopic (exact) mass is 1420 g/mol. The number of rotatable bonds is 80. The number of unbranched alkanes of at least 4 members (excludes halogenated alkanes) is 60. The first-order valence-corrected chi connectivity index (χ1v) is 44.4. The van der Waals surface area contributed by atoms with Gasteiger partial charge in [-0.05, 0) is 83.5 Å². The maximum atomic E-state index is 13.1. The van der Waals surface area contributed by atoms with Gasteiger partial charge < -0.3 is 45.1 Å². The molecule has 0 aliphatic carbocycles. The Bertz CT molecular complexity index is 1820. The molecule has 0 saturated carbocycles. The Morgan fingerprint density at radius 3 is 0.980 bits per heavy atom. The Morgan fingerprint density at radius 1 is 0.356 bits per heavy atom. The van der Waals surface area contributed by atoms with Gasteiger partial charge in [-0.15, -0.1) is 0 Å². The molecule has 7 unspecified atom stereocenters. The van der Waals surface area contributed by atoms with E-state index in [0.717, 1.165) is 64.2 Å². The average Bonchev–Trinajstić information content (AvgIpc) is 0.830. The topological polar surface area (TPSA) is 175 Å². The van der Waals surface area contributed by atoms with E-state index in [2.05, 4.69) is 55.6 Å². The van der Waals surface area contributed by atoms with Gasteiger partial charge in [-0.2, -0.15) is 0 Å². The van der Waals surface area contributed by atoms with Crippen LogP contribution < -0.4 is 5.32 Å². The molecule has 7 atom stereocenters. The number of hydrogen-bond donors (Lipinski definition) is 6. The minimum absolute atomic E-state index is 0.0222. The fraction of sp³-hybridized carbons (Fsp3) is 0.889. The van der Waals surface area contributed by atoms with Crippen molar-refractivity contribution in [2.75, 3.05) is 19.8 Å². The van der Waals surface area contributed by atoms with Crippen molar-refractivity contribution in [3.05, 3.63) is 48.6 Å². The number of ether oxygens (including phenoxy) is 3. The molecule has 6 N–H and O–H groups in total. The van der Waals surface area contributed by atoms with Crippen LogP contribution >= 0.6 is 0 Å².